The fourth-order valence-corrected chi connectivity index (χ4v) is 0.520. The maximum Gasteiger partial charge on any atom is 0.234 e. The first-order valence-corrected chi connectivity index (χ1v) is 3.05. The Hall–Kier alpha value is -0.330. The molecule has 0 saturated heterocycles. The second-order valence-electron chi connectivity index (χ2n) is 1.37. The van der Waals surface area contributed by atoms with Crippen LogP contribution in [0.4, 0.5) is 0 Å². The Morgan fingerprint density at radius 3 is 2.75 bits per heavy atom. The van der Waals surface area contributed by atoms with Crippen molar-refractivity contribution < 1.29 is 4.79 Å². The van der Waals surface area contributed by atoms with Gasteiger partial charge in [0.25, 0.3) is 0 Å². The summed E-state index contributed by atoms with van der Waals surface area (Å²) in [6, 6.07) is 0. The molecule has 0 aliphatic heterocycles. The van der Waals surface area contributed by atoms with Gasteiger partial charge in [-0.15, -0.1) is 11.6 Å². The van der Waals surface area contributed by atoms with Crippen LogP contribution >= 0.6 is 11.6 Å². The number of isocyanates is 1. The van der Waals surface area contributed by atoms with E-state index in [2.05, 4.69) is 4.99 Å². The zero-order valence-corrected chi connectivity index (χ0v) is 5.32. The van der Waals surface area contributed by atoms with E-state index < -0.39 is 0 Å². The SMILES string of the molecule is O=C=NCCCCCl. The van der Waals surface area contributed by atoms with Gasteiger partial charge in [-0.3, -0.25) is 0 Å². The quantitative estimate of drug-likeness (QED) is 0.246. The molecule has 0 spiro atoms. The number of rotatable bonds is 4. The summed E-state index contributed by atoms with van der Waals surface area (Å²) in [5, 5.41) is 0. The van der Waals surface area contributed by atoms with Gasteiger partial charge in [-0.2, -0.15) is 0 Å². The van der Waals surface area contributed by atoms with Gasteiger partial charge < -0.3 is 0 Å². The molecule has 0 aromatic heterocycles. The molecule has 0 aromatic rings. The van der Waals surface area contributed by atoms with E-state index in [4.69, 9.17) is 11.6 Å². The Bertz CT molecular complexity index is 88.4. The number of alkyl halides is 1. The lowest BCUT2D eigenvalue weighted by Crippen LogP contribution is -1.80. The molecule has 0 aromatic carbocycles. The zero-order chi connectivity index (χ0) is 6.24. The minimum absolute atomic E-state index is 0.566. The fourth-order valence-electron chi connectivity index (χ4n) is 0.331. The topological polar surface area (TPSA) is 29.4 Å². The van der Waals surface area contributed by atoms with E-state index in [1.807, 2.05) is 0 Å². The molecule has 46 valence electrons. The highest BCUT2D eigenvalue weighted by Gasteiger charge is 1.81. The van der Waals surface area contributed by atoms with Gasteiger partial charge >= 0.3 is 0 Å². The number of unbranched alkanes of at least 4 members (excludes halogenated alkanes) is 1. The number of aliphatic imine (C=N–C) groups is 1. The summed E-state index contributed by atoms with van der Waals surface area (Å²) in [5.41, 5.74) is 0. The van der Waals surface area contributed by atoms with Crippen molar-refractivity contribution in [3.63, 3.8) is 0 Å². The molecule has 0 amide bonds. The smallest absolute Gasteiger partial charge is 0.211 e. The van der Waals surface area contributed by atoms with Crippen LogP contribution in [0.5, 0.6) is 0 Å². The predicted molar refractivity (Wildman–Crippen MR) is 32.9 cm³/mol. The Labute approximate surface area is 53.6 Å². The largest absolute Gasteiger partial charge is 0.234 e. The van der Waals surface area contributed by atoms with E-state index in [1.165, 1.54) is 6.08 Å². The van der Waals surface area contributed by atoms with E-state index >= 15 is 0 Å². The van der Waals surface area contributed by atoms with Crippen molar-refractivity contribution in [2.75, 3.05) is 12.4 Å². The van der Waals surface area contributed by atoms with Crippen LogP contribution in [-0.2, 0) is 4.79 Å². The average Bonchev–Trinajstić information content (AvgIpc) is 1.81. The lowest BCUT2D eigenvalue weighted by molar-refractivity contribution is 0.562. The summed E-state index contributed by atoms with van der Waals surface area (Å²) in [6.07, 6.45) is 3.27. The molecular formula is C5H8ClNO. The van der Waals surface area contributed by atoms with E-state index in [1.54, 1.807) is 0 Å². The number of halogens is 1. The van der Waals surface area contributed by atoms with Crippen LogP contribution in [0, 0.1) is 0 Å². The van der Waals surface area contributed by atoms with Gasteiger partial charge in [0.1, 0.15) is 0 Å². The highest BCUT2D eigenvalue weighted by atomic mass is 35.5. The molecule has 0 fully saturated rings. The summed E-state index contributed by atoms with van der Waals surface area (Å²) in [4.78, 5) is 12.8. The highest BCUT2D eigenvalue weighted by molar-refractivity contribution is 6.17. The first-order valence-electron chi connectivity index (χ1n) is 2.51. The van der Waals surface area contributed by atoms with Gasteiger partial charge in [0.05, 0.1) is 6.54 Å². The summed E-state index contributed by atoms with van der Waals surface area (Å²) in [6.45, 7) is 0.566. The van der Waals surface area contributed by atoms with Crippen molar-refractivity contribution in [1.29, 1.82) is 0 Å². The van der Waals surface area contributed by atoms with Crippen LogP contribution in [-0.4, -0.2) is 18.5 Å². The Morgan fingerprint density at radius 2 is 2.25 bits per heavy atom. The van der Waals surface area contributed by atoms with Crippen molar-refractivity contribution in [1.82, 2.24) is 0 Å². The molecule has 0 heterocycles. The molecule has 0 unspecified atom stereocenters. The summed E-state index contributed by atoms with van der Waals surface area (Å²) < 4.78 is 0. The lowest BCUT2D eigenvalue weighted by atomic mass is 10.3. The summed E-state index contributed by atoms with van der Waals surface area (Å²) in [5.74, 6) is 0.647. The highest BCUT2D eigenvalue weighted by Crippen LogP contribution is 1.90. The van der Waals surface area contributed by atoms with Crippen LogP contribution in [0.1, 0.15) is 12.8 Å². The monoisotopic (exact) mass is 133 g/mol. The third-order valence-corrected chi connectivity index (χ3v) is 0.985. The van der Waals surface area contributed by atoms with E-state index in [0.29, 0.717) is 12.4 Å². The molecule has 0 radical (unpaired) electrons. The predicted octanol–water partition coefficient (Wildman–Crippen LogP) is 1.34. The van der Waals surface area contributed by atoms with Crippen LogP contribution < -0.4 is 0 Å². The standard InChI is InChI=1S/C5H8ClNO/c6-3-1-2-4-7-5-8/h1-4H2. The molecule has 0 bridgehead atoms. The summed E-state index contributed by atoms with van der Waals surface area (Å²) in [7, 11) is 0. The van der Waals surface area contributed by atoms with Gasteiger partial charge in [0.2, 0.25) is 6.08 Å². The van der Waals surface area contributed by atoms with Gasteiger partial charge in [-0.25, -0.2) is 9.79 Å². The van der Waals surface area contributed by atoms with Crippen LogP contribution in [0.15, 0.2) is 4.99 Å². The molecule has 3 heteroatoms. The normalized spacial score (nSPS) is 8.12. The third-order valence-electron chi connectivity index (χ3n) is 0.718. The fraction of sp³-hybridized carbons (Fsp3) is 0.800. The van der Waals surface area contributed by atoms with Crippen molar-refractivity contribution >= 4 is 17.7 Å². The van der Waals surface area contributed by atoms with Crippen molar-refractivity contribution in [2.45, 2.75) is 12.8 Å². The zero-order valence-electron chi connectivity index (χ0n) is 4.56. The van der Waals surface area contributed by atoms with Gasteiger partial charge in [0, 0.05) is 5.88 Å². The third kappa shape index (κ3) is 5.67. The van der Waals surface area contributed by atoms with Crippen molar-refractivity contribution in [3.05, 3.63) is 0 Å². The molecule has 0 rings (SSSR count). The minimum atomic E-state index is 0.566. The number of nitrogens with zero attached hydrogens (tertiary/aromatic N) is 1. The molecule has 0 atom stereocenters. The average molecular weight is 134 g/mol. The second kappa shape index (κ2) is 6.67. The number of carbonyl (C=O) groups excluding carboxylic acids is 1. The first-order chi connectivity index (χ1) is 3.91. The lowest BCUT2D eigenvalue weighted by Gasteiger charge is -1.85. The maximum atomic E-state index is 9.44. The van der Waals surface area contributed by atoms with E-state index in [-0.39, 0.29) is 0 Å². The van der Waals surface area contributed by atoms with Crippen LogP contribution in [0.3, 0.4) is 0 Å². The van der Waals surface area contributed by atoms with Crippen LogP contribution in [0.25, 0.3) is 0 Å². The Morgan fingerprint density at radius 1 is 1.50 bits per heavy atom. The van der Waals surface area contributed by atoms with E-state index in [0.717, 1.165) is 12.8 Å². The summed E-state index contributed by atoms with van der Waals surface area (Å²) >= 11 is 5.34. The van der Waals surface area contributed by atoms with Crippen molar-refractivity contribution in [3.8, 4) is 0 Å². The van der Waals surface area contributed by atoms with Crippen molar-refractivity contribution in [2.24, 2.45) is 4.99 Å². The molecule has 0 aliphatic rings. The molecule has 8 heavy (non-hydrogen) atoms. The van der Waals surface area contributed by atoms with Gasteiger partial charge in [-0.1, -0.05) is 0 Å². The molecule has 0 aliphatic carbocycles. The molecule has 0 saturated carbocycles. The minimum Gasteiger partial charge on any atom is -0.211 e. The number of hydrogen-bond acceptors (Lipinski definition) is 2. The van der Waals surface area contributed by atoms with Crippen LogP contribution in [0.2, 0.25) is 0 Å². The molecule has 0 N–H and O–H groups in total. The molecular weight excluding hydrogens is 126 g/mol. The Balaban J connectivity index is 2.82. The Kier molecular flexibility index (Phi) is 6.39. The second-order valence-corrected chi connectivity index (χ2v) is 1.75. The van der Waals surface area contributed by atoms with Gasteiger partial charge in [0.15, 0.2) is 0 Å². The molecule has 2 nitrogen and oxygen atoms in total. The maximum absolute atomic E-state index is 9.44. The number of hydrogen-bond donors (Lipinski definition) is 0. The van der Waals surface area contributed by atoms with E-state index in [9.17, 15) is 4.79 Å². The van der Waals surface area contributed by atoms with Gasteiger partial charge in [-0.05, 0) is 12.8 Å². The first kappa shape index (κ1) is 7.67.